The average molecular weight is 565 g/mol. The van der Waals surface area contributed by atoms with Crippen LogP contribution in [0.25, 0.3) is 0 Å². The van der Waals surface area contributed by atoms with E-state index in [-0.39, 0.29) is 18.0 Å². The molecule has 0 aliphatic carbocycles. The van der Waals surface area contributed by atoms with Gasteiger partial charge in [-0.05, 0) is 73.5 Å². The van der Waals surface area contributed by atoms with E-state index >= 15 is 0 Å². The van der Waals surface area contributed by atoms with Crippen molar-refractivity contribution in [1.29, 1.82) is 0 Å². The fourth-order valence-electron chi connectivity index (χ4n) is 4.21. The van der Waals surface area contributed by atoms with Gasteiger partial charge in [0.25, 0.3) is 0 Å². The molecule has 0 aliphatic rings. The van der Waals surface area contributed by atoms with Gasteiger partial charge in [0.05, 0.1) is 23.3 Å². The Morgan fingerprint density at radius 1 is 0.732 bits per heavy atom. The normalized spacial score (nSPS) is 11.8. The summed E-state index contributed by atoms with van der Waals surface area (Å²) in [5, 5.41) is 0. The van der Waals surface area contributed by atoms with Crippen LogP contribution in [0.5, 0.6) is 5.75 Å². The Morgan fingerprint density at radius 3 is 2.07 bits per heavy atom. The van der Waals surface area contributed by atoms with Crippen molar-refractivity contribution in [3.63, 3.8) is 0 Å². The third-order valence-corrected chi connectivity index (χ3v) is 8.38. The first-order valence-corrected chi connectivity index (χ1v) is 14.8. The molecule has 0 saturated carbocycles. The lowest BCUT2D eigenvalue weighted by atomic mass is 10.1. The summed E-state index contributed by atoms with van der Waals surface area (Å²) in [6, 6.07) is 35.8. The van der Waals surface area contributed by atoms with Gasteiger partial charge in [0.1, 0.15) is 23.9 Å². The number of nitrogens with zero attached hydrogens (tertiary/aromatic N) is 2. The highest BCUT2D eigenvalue weighted by molar-refractivity contribution is 7.89. The molecule has 5 rings (SSSR count). The van der Waals surface area contributed by atoms with Crippen molar-refractivity contribution in [3.05, 3.63) is 149 Å². The molecule has 0 atom stereocenters. The van der Waals surface area contributed by atoms with Crippen LogP contribution in [0.1, 0.15) is 33.8 Å². The fourth-order valence-corrected chi connectivity index (χ4v) is 5.61. The van der Waals surface area contributed by atoms with E-state index in [0.29, 0.717) is 18.1 Å². The number of aliphatic imine (C=N–C) groups is 1. The minimum Gasteiger partial charge on any atom is -0.489 e. The molecule has 0 N–H and O–H groups in total. The molecule has 0 spiro atoms. The van der Waals surface area contributed by atoms with Crippen molar-refractivity contribution in [2.45, 2.75) is 38.4 Å². The summed E-state index contributed by atoms with van der Waals surface area (Å²) in [5.41, 5.74) is 4.87. The minimum atomic E-state index is -3.77. The van der Waals surface area contributed by atoms with Gasteiger partial charge in [-0.1, -0.05) is 77.9 Å². The zero-order chi connectivity index (χ0) is 28.7. The van der Waals surface area contributed by atoms with Crippen LogP contribution in [0.15, 0.2) is 130 Å². The molecule has 41 heavy (non-hydrogen) atoms. The van der Waals surface area contributed by atoms with E-state index in [0.717, 1.165) is 33.7 Å². The number of ether oxygens (including phenoxy) is 1. The predicted octanol–water partition coefficient (Wildman–Crippen LogP) is 7.62. The zero-order valence-electron chi connectivity index (χ0n) is 23.1. The van der Waals surface area contributed by atoms with Gasteiger partial charge in [-0.15, -0.1) is 0 Å². The van der Waals surface area contributed by atoms with E-state index in [9.17, 15) is 8.42 Å². The monoisotopic (exact) mass is 564 g/mol. The van der Waals surface area contributed by atoms with E-state index in [4.69, 9.17) is 9.15 Å². The van der Waals surface area contributed by atoms with E-state index in [1.165, 1.54) is 4.31 Å². The van der Waals surface area contributed by atoms with Crippen LogP contribution < -0.4 is 4.74 Å². The Bertz CT molecular complexity index is 1690. The Hall–Kier alpha value is -4.46. The van der Waals surface area contributed by atoms with E-state index < -0.39 is 10.0 Å². The number of furan rings is 1. The quantitative estimate of drug-likeness (QED) is 0.155. The van der Waals surface area contributed by atoms with Gasteiger partial charge in [-0.2, -0.15) is 4.31 Å². The van der Waals surface area contributed by atoms with Crippen molar-refractivity contribution in [1.82, 2.24) is 4.31 Å². The molecule has 7 heteroatoms. The van der Waals surface area contributed by atoms with Crippen LogP contribution in [0.2, 0.25) is 0 Å². The van der Waals surface area contributed by atoms with Gasteiger partial charge in [0.2, 0.25) is 10.0 Å². The lowest BCUT2D eigenvalue weighted by molar-refractivity contribution is 0.306. The van der Waals surface area contributed by atoms with Crippen molar-refractivity contribution in [3.8, 4) is 5.75 Å². The molecular weight excluding hydrogens is 532 g/mol. The van der Waals surface area contributed by atoms with Crippen molar-refractivity contribution in [2.24, 2.45) is 4.99 Å². The van der Waals surface area contributed by atoms with Gasteiger partial charge in [-0.3, -0.25) is 4.99 Å². The Kier molecular flexibility index (Phi) is 8.77. The summed E-state index contributed by atoms with van der Waals surface area (Å²) < 4.78 is 40.5. The lowest BCUT2D eigenvalue weighted by Gasteiger charge is -2.21. The number of hydrogen-bond donors (Lipinski definition) is 0. The summed E-state index contributed by atoms with van der Waals surface area (Å²) in [6.45, 7) is 4.75. The van der Waals surface area contributed by atoms with E-state index in [1.54, 1.807) is 42.6 Å². The first-order valence-electron chi connectivity index (χ1n) is 13.4. The maximum absolute atomic E-state index is 13.6. The van der Waals surface area contributed by atoms with Gasteiger partial charge < -0.3 is 9.15 Å². The van der Waals surface area contributed by atoms with Crippen LogP contribution in [-0.2, 0) is 29.7 Å². The Labute approximate surface area is 241 Å². The van der Waals surface area contributed by atoms with Gasteiger partial charge >= 0.3 is 0 Å². The first-order chi connectivity index (χ1) is 19.8. The second kappa shape index (κ2) is 12.8. The number of hydrogen-bond acceptors (Lipinski definition) is 5. The van der Waals surface area contributed by atoms with Crippen molar-refractivity contribution in [2.75, 3.05) is 0 Å². The molecule has 0 fully saturated rings. The molecule has 0 radical (unpaired) electrons. The first kappa shape index (κ1) is 28.1. The van der Waals surface area contributed by atoms with Crippen LogP contribution in [-0.4, -0.2) is 18.9 Å². The van der Waals surface area contributed by atoms with Crippen molar-refractivity contribution < 1.29 is 17.6 Å². The average Bonchev–Trinajstić information content (AvgIpc) is 3.44. The summed E-state index contributed by atoms with van der Waals surface area (Å²) >= 11 is 0. The molecule has 208 valence electrons. The maximum atomic E-state index is 13.6. The van der Waals surface area contributed by atoms with Crippen LogP contribution in [0, 0.1) is 13.8 Å². The lowest BCUT2D eigenvalue weighted by Crippen LogP contribution is -2.30. The maximum Gasteiger partial charge on any atom is 0.243 e. The smallest absolute Gasteiger partial charge is 0.243 e. The SMILES string of the molecule is Cc1ccc(CN(Cc2ccc(C=Nc3ccc(OCc4ccccc4)cc3)o2)S(=O)(=O)c2ccc(C)cc2)cc1. The third kappa shape index (κ3) is 7.60. The fraction of sp³-hybridized carbons (Fsp3) is 0.147. The van der Waals surface area contributed by atoms with E-state index in [2.05, 4.69) is 4.99 Å². The molecular formula is C34H32N2O4S. The highest BCUT2D eigenvalue weighted by Crippen LogP contribution is 2.23. The third-order valence-electron chi connectivity index (χ3n) is 6.58. The molecule has 0 amide bonds. The molecule has 0 saturated heterocycles. The molecule has 0 bridgehead atoms. The number of rotatable bonds is 11. The van der Waals surface area contributed by atoms with Gasteiger partial charge in [-0.25, -0.2) is 8.42 Å². The second-order valence-corrected chi connectivity index (χ2v) is 11.8. The number of benzene rings is 4. The predicted molar refractivity (Wildman–Crippen MR) is 162 cm³/mol. The van der Waals surface area contributed by atoms with Crippen LogP contribution in [0.4, 0.5) is 5.69 Å². The zero-order valence-corrected chi connectivity index (χ0v) is 23.9. The summed E-state index contributed by atoms with van der Waals surface area (Å²) in [4.78, 5) is 4.75. The minimum absolute atomic E-state index is 0.0887. The molecule has 4 aromatic carbocycles. The summed E-state index contributed by atoms with van der Waals surface area (Å²) in [6.07, 6.45) is 1.63. The Morgan fingerprint density at radius 2 is 1.39 bits per heavy atom. The van der Waals surface area contributed by atoms with Gasteiger partial charge in [0, 0.05) is 6.54 Å². The summed E-state index contributed by atoms with van der Waals surface area (Å²) in [7, 11) is -3.77. The van der Waals surface area contributed by atoms with Gasteiger partial charge in [0.15, 0.2) is 0 Å². The summed E-state index contributed by atoms with van der Waals surface area (Å²) in [5.74, 6) is 1.82. The highest BCUT2D eigenvalue weighted by Gasteiger charge is 2.26. The molecule has 1 aromatic heterocycles. The van der Waals surface area contributed by atoms with Crippen LogP contribution in [0.3, 0.4) is 0 Å². The highest BCUT2D eigenvalue weighted by atomic mass is 32.2. The molecule has 5 aromatic rings. The number of sulfonamides is 1. The molecule has 1 heterocycles. The second-order valence-electron chi connectivity index (χ2n) is 9.90. The standard InChI is InChI=1S/C34H32N2O4S/c1-26-8-12-28(13-9-26)23-36(41(37,38)34-20-10-27(2)11-21-34)24-33-19-18-32(40-33)22-35-30-14-16-31(17-15-30)39-25-29-6-4-3-5-7-29/h3-22H,23-25H2,1-2H3. The van der Waals surface area contributed by atoms with E-state index in [1.807, 2.05) is 92.7 Å². The Balaban J connectivity index is 1.27. The largest absolute Gasteiger partial charge is 0.489 e. The topological polar surface area (TPSA) is 72.1 Å². The molecule has 0 unspecified atom stereocenters. The van der Waals surface area contributed by atoms with Crippen LogP contribution >= 0.6 is 0 Å². The molecule has 0 aliphatic heterocycles. The number of aryl methyl sites for hydroxylation is 2. The molecule has 6 nitrogen and oxygen atoms in total. The van der Waals surface area contributed by atoms with Crippen molar-refractivity contribution >= 4 is 21.9 Å².